The molecule has 0 saturated carbocycles. The van der Waals surface area contributed by atoms with Gasteiger partial charge in [0.05, 0.1) is 19.5 Å². The Hall–Kier alpha value is -2.45. The first-order valence-electron chi connectivity index (χ1n) is 10.7. The van der Waals surface area contributed by atoms with Gasteiger partial charge in [-0.05, 0) is 0 Å². The molecule has 3 rings (SSSR count). The predicted molar refractivity (Wildman–Crippen MR) is 122 cm³/mol. The summed E-state index contributed by atoms with van der Waals surface area (Å²) in [5.41, 5.74) is 6.04. The molecule has 8 N–H and O–H groups in total. The molecule has 0 amide bonds. The number of nitrogens with zero attached hydrogens (tertiary/aromatic N) is 4. The number of anilines is 1. The van der Waals surface area contributed by atoms with Gasteiger partial charge in [-0.2, -0.15) is 4.31 Å². The van der Waals surface area contributed by atoms with Gasteiger partial charge >= 0.3 is 21.6 Å². The zero-order chi connectivity index (χ0) is 29.1. The number of carbonyl (C=O) groups excluding carboxylic acids is 2. The van der Waals surface area contributed by atoms with Crippen LogP contribution in [0, 0.1) is 0 Å². The average Bonchev–Trinajstić information content (AvgIpc) is 3.40. The molecular formula is C17H25N5O15P2. The van der Waals surface area contributed by atoms with Gasteiger partial charge in [-0.25, -0.2) is 24.1 Å². The van der Waals surface area contributed by atoms with E-state index in [-0.39, 0.29) is 23.3 Å². The molecule has 39 heavy (non-hydrogen) atoms. The number of fused-ring (bicyclic) bond motifs is 1. The number of imidazole rings is 1. The lowest BCUT2D eigenvalue weighted by molar-refractivity contribution is -0.164. The Bertz CT molecular complexity index is 1280. The predicted octanol–water partition coefficient (Wildman–Crippen LogP) is -2.87. The second kappa shape index (κ2) is 12.4. The molecule has 2 aromatic heterocycles. The lowest BCUT2D eigenvalue weighted by Gasteiger charge is -2.25. The van der Waals surface area contributed by atoms with Crippen LogP contribution in [0.1, 0.15) is 13.2 Å². The Kier molecular flexibility index (Phi) is 9.87. The highest BCUT2D eigenvalue weighted by Crippen LogP contribution is 2.60. The Morgan fingerprint density at radius 2 is 1.85 bits per heavy atom. The molecule has 1 aliphatic rings. The third-order valence-electron chi connectivity index (χ3n) is 5.17. The highest BCUT2D eigenvalue weighted by Gasteiger charge is 2.46. The summed E-state index contributed by atoms with van der Waals surface area (Å²) < 4.78 is 48.6. The largest absolute Gasteiger partial charge is 0.481 e. The van der Waals surface area contributed by atoms with E-state index in [4.69, 9.17) is 10.5 Å². The van der Waals surface area contributed by atoms with Crippen LogP contribution in [0.25, 0.3) is 11.2 Å². The number of aldehydes is 1. The van der Waals surface area contributed by atoms with Crippen molar-refractivity contribution in [2.24, 2.45) is 0 Å². The molecule has 0 bridgehead atoms. The number of hydrogen-bond donors (Lipinski definition) is 7. The quantitative estimate of drug-likeness (QED) is 0.0689. The number of aliphatic hydroxyl groups is 4. The normalized spacial score (nSPS) is 26.8. The van der Waals surface area contributed by atoms with Crippen LogP contribution in [0.5, 0.6) is 0 Å². The maximum Gasteiger partial charge on any atom is 0.481 e. The molecule has 1 saturated heterocycles. The van der Waals surface area contributed by atoms with Gasteiger partial charge in [0.15, 0.2) is 30.1 Å². The van der Waals surface area contributed by atoms with Crippen LogP contribution in [-0.2, 0) is 41.6 Å². The van der Waals surface area contributed by atoms with Crippen molar-refractivity contribution in [3.8, 4) is 0 Å². The minimum absolute atomic E-state index is 0.0371. The highest BCUT2D eigenvalue weighted by atomic mass is 31.3. The maximum atomic E-state index is 12.2. The fourth-order valence-corrected chi connectivity index (χ4v) is 5.51. The Balaban J connectivity index is 1.58. The van der Waals surface area contributed by atoms with Crippen molar-refractivity contribution < 1.29 is 71.8 Å². The molecule has 218 valence electrons. The summed E-state index contributed by atoms with van der Waals surface area (Å²) >= 11 is 0. The van der Waals surface area contributed by atoms with Crippen LogP contribution in [0.2, 0.25) is 0 Å². The summed E-state index contributed by atoms with van der Waals surface area (Å²) in [5.74, 6) is -0.978. The van der Waals surface area contributed by atoms with Gasteiger partial charge in [0.1, 0.15) is 42.4 Å². The first kappa shape index (κ1) is 31.1. The number of phosphoric acid groups is 2. The SMILES string of the molecule is CC(=O)O[C@H]([C@H](O)COP(=O)(O)OP(=O)(O)OC[C@H]1O[C@@H](n2cnc3c(N)ncnc32)[C@H](O)[C@@H]1O)[C@@H](O)C=O. The molecule has 0 spiro atoms. The molecular weight excluding hydrogens is 576 g/mol. The fourth-order valence-electron chi connectivity index (χ4n) is 3.41. The van der Waals surface area contributed by atoms with Crippen molar-refractivity contribution in [3.63, 3.8) is 0 Å². The van der Waals surface area contributed by atoms with E-state index in [1.165, 1.54) is 10.9 Å². The minimum Gasteiger partial charge on any atom is -0.456 e. The van der Waals surface area contributed by atoms with Crippen molar-refractivity contribution >= 4 is 44.9 Å². The Labute approximate surface area is 218 Å². The summed E-state index contributed by atoms with van der Waals surface area (Å²) in [6.45, 7) is -1.25. The number of ether oxygens (including phenoxy) is 2. The van der Waals surface area contributed by atoms with Crippen molar-refractivity contribution in [1.29, 1.82) is 0 Å². The first-order chi connectivity index (χ1) is 18.2. The number of nitrogens with two attached hydrogens (primary N) is 1. The van der Waals surface area contributed by atoms with Crippen molar-refractivity contribution in [2.75, 3.05) is 18.9 Å². The molecule has 2 aromatic rings. The second-order valence-corrected chi connectivity index (χ2v) is 11.1. The number of aliphatic hydroxyl groups excluding tert-OH is 4. The molecule has 0 radical (unpaired) electrons. The van der Waals surface area contributed by atoms with E-state index in [0.29, 0.717) is 0 Å². The van der Waals surface area contributed by atoms with Gasteiger partial charge in [0.2, 0.25) is 0 Å². The summed E-state index contributed by atoms with van der Waals surface area (Å²) in [5, 5.41) is 40.2. The van der Waals surface area contributed by atoms with Crippen LogP contribution < -0.4 is 5.73 Å². The van der Waals surface area contributed by atoms with Gasteiger partial charge in [-0.1, -0.05) is 0 Å². The van der Waals surface area contributed by atoms with E-state index < -0.39 is 77.7 Å². The van der Waals surface area contributed by atoms with E-state index in [2.05, 4.69) is 33.0 Å². The molecule has 3 heterocycles. The average molecular weight is 601 g/mol. The molecule has 1 fully saturated rings. The van der Waals surface area contributed by atoms with E-state index in [1.54, 1.807) is 0 Å². The number of aromatic nitrogens is 4. The van der Waals surface area contributed by atoms with E-state index in [1.807, 2.05) is 0 Å². The van der Waals surface area contributed by atoms with E-state index in [0.717, 1.165) is 13.3 Å². The van der Waals surface area contributed by atoms with Gasteiger partial charge in [0, 0.05) is 6.92 Å². The Morgan fingerprint density at radius 1 is 1.18 bits per heavy atom. The lowest BCUT2D eigenvalue weighted by atomic mass is 10.1. The summed E-state index contributed by atoms with van der Waals surface area (Å²) in [6, 6.07) is 0. The van der Waals surface area contributed by atoms with Gasteiger partial charge in [-0.3, -0.25) is 18.4 Å². The molecule has 0 aromatic carbocycles. The number of hydrogen-bond acceptors (Lipinski definition) is 17. The molecule has 22 heteroatoms. The zero-order valence-electron chi connectivity index (χ0n) is 19.8. The monoisotopic (exact) mass is 601 g/mol. The smallest absolute Gasteiger partial charge is 0.456 e. The van der Waals surface area contributed by atoms with Crippen LogP contribution in [0.15, 0.2) is 12.7 Å². The molecule has 1 aliphatic heterocycles. The van der Waals surface area contributed by atoms with Gasteiger partial charge in [0.25, 0.3) is 0 Å². The van der Waals surface area contributed by atoms with E-state index >= 15 is 0 Å². The molecule has 0 aliphatic carbocycles. The van der Waals surface area contributed by atoms with Crippen molar-refractivity contribution in [2.45, 2.75) is 49.8 Å². The molecule has 2 unspecified atom stereocenters. The molecule has 20 nitrogen and oxygen atoms in total. The topological polar surface area (TPSA) is 305 Å². The van der Waals surface area contributed by atoms with Crippen molar-refractivity contribution in [3.05, 3.63) is 12.7 Å². The van der Waals surface area contributed by atoms with Crippen molar-refractivity contribution in [1.82, 2.24) is 19.5 Å². The zero-order valence-corrected chi connectivity index (χ0v) is 21.6. The maximum absolute atomic E-state index is 12.2. The minimum atomic E-state index is -5.45. The summed E-state index contributed by atoms with van der Waals surface area (Å²) in [6.07, 6.45) is -9.76. The number of nitrogen functional groups attached to an aromatic ring is 1. The summed E-state index contributed by atoms with van der Waals surface area (Å²) in [7, 11) is -10.9. The molecule has 9 atom stereocenters. The third kappa shape index (κ3) is 7.60. The fraction of sp³-hybridized carbons (Fsp3) is 0.588. The Morgan fingerprint density at radius 3 is 2.49 bits per heavy atom. The van der Waals surface area contributed by atoms with E-state index in [9.17, 15) is 48.9 Å². The number of carbonyl (C=O) groups is 2. The van der Waals surface area contributed by atoms with Crippen LogP contribution in [0.4, 0.5) is 5.82 Å². The van der Waals surface area contributed by atoms with Crippen LogP contribution in [-0.4, -0.2) is 112 Å². The number of rotatable bonds is 13. The number of phosphoric ester groups is 2. The van der Waals surface area contributed by atoms with Crippen LogP contribution in [0.3, 0.4) is 0 Å². The standard InChI is InChI=1S/C17H25N5O15P2/c1-7(24)35-14(8(25)2-23)9(26)3-33-38(29,30)37-39(31,32)34-4-10-12(27)13(28)17(36-10)22-6-21-11-15(18)19-5-20-16(11)22/h2,5-6,8-10,12-14,17,25-28H,3-4H2,1H3,(H,29,30)(H,31,32)(H2,18,19,20)/t8-,9+,10+,12+,13+,14-,17+/m0/s1. The third-order valence-corrected chi connectivity index (χ3v) is 7.77. The number of esters is 1. The lowest BCUT2D eigenvalue weighted by Crippen LogP contribution is -2.43. The highest BCUT2D eigenvalue weighted by molar-refractivity contribution is 7.61. The second-order valence-electron chi connectivity index (χ2n) is 8.01. The van der Waals surface area contributed by atoms with Gasteiger partial charge < -0.3 is 50.2 Å². The first-order valence-corrected chi connectivity index (χ1v) is 13.7. The van der Waals surface area contributed by atoms with Crippen LogP contribution >= 0.6 is 15.6 Å². The summed E-state index contributed by atoms with van der Waals surface area (Å²) in [4.78, 5) is 53.1. The van der Waals surface area contributed by atoms with Gasteiger partial charge in [-0.15, -0.1) is 0 Å².